The second-order valence-corrected chi connectivity index (χ2v) is 5.10. The predicted molar refractivity (Wildman–Crippen MR) is 81.5 cm³/mol. The molecule has 2 aromatic carbocycles. The van der Waals surface area contributed by atoms with Crippen LogP contribution in [0.4, 0.5) is 32.0 Å². The van der Waals surface area contributed by atoms with Gasteiger partial charge in [0.25, 0.3) is 0 Å². The number of benzene rings is 2. The van der Waals surface area contributed by atoms with Crippen molar-refractivity contribution in [3.8, 4) is 0 Å². The van der Waals surface area contributed by atoms with Crippen molar-refractivity contribution in [2.75, 3.05) is 7.11 Å². The van der Waals surface area contributed by atoms with Crippen molar-refractivity contribution in [3.63, 3.8) is 0 Å². The largest absolute Gasteiger partial charge is 0.465 e. The van der Waals surface area contributed by atoms with Crippen LogP contribution in [-0.2, 0) is 17.1 Å². The third-order valence-corrected chi connectivity index (χ3v) is 3.29. The SMILES string of the molecule is COC(=O)c1ccccc1C=Nc1cc(C(F)(F)F)cc(C(F)(F)F)c1. The number of nitrogens with zero attached hydrogens (tertiary/aromatic N) is 1. The highest BCUT2D eigenvalue weighted by molar-refractivity contribution is 5.99. The minimum absolute atomic E-state index is 0.0153. The molecule has 0 heterocycles. The molecule has 0 aliphatic carbocycles. The minimum Gasteiger partial charge on any atom is -0.465 e. The van der Waals surface area contributed by atoms with Gasteiger partial charge in [0.2, 0.25) is 0 Å². The molecule has 0 bridgehead atoms. The van der Waals surface area contributed by atoms with Gasteiger partial charge >= 0.3 is 18.3 Å². The molecule has 0 aliphatic rings. The van der Waals surface area contributed by atoms with E-state index < -0.39 is 35.1 Å². The summed E-state index contributed by atoms with van der Waals surface area (Å²) in [4.78, 5) is 15.3. The maximum Gasteiger partial charge on any atom is 0.416 e. The predicted octanol–water partition coefficient (Wildman–Crippen LogP) is 5.26. The lowest BCUT2D eigenvalue weighted by atomic mass is 10.1. The van der Waals surface area contributed by atoms with Gasteiger partial charge in [0.1, 0.15) is 0 Å². The van der Waals surface area contributed by atoms with Crippen LogP contribution in [0.1, 0.15) is 27.0 Å². The van der Waals surface area contributed by atoms with Gasteiger partial charge in [-0.2, -0.15) is 26.3 Å². The summed E-state index contributed by atoms with van der Waals surface area (Å²) in [5.74, 6) is -0.716. The number of carbonyl (C=O) groups excluding carboxylic acids is 1. The van der Waals surface area contributed by atoms with Gasteiger partial charge in [0.05, 0.1) is 29.5 Å². The summed E-state index contributed by atoms with van der Waals surface area (Å²) in [6, 6.07) is 6.87. The second kappa shape index (κ2) is 7.19. The summed E-state index contributed by atoms with van der Waals surface area (Å²) in [6.45, 7) is 0. The Kier molecular flexibility index (Phi) is 5.38. The number of hydrogen-bond acceptors (Lipinski definition) is 3. The second-order valence-electron chi connectivity index (χ2n) is 5.10. The summed E-state index contributed by atoms with van der Waals surface area (Å²) < 4.78 is 81.6. The number of methoxy groups -OCH3 is 1. The number of alkyl halides is 6. The topological polar surface area (TPSA) is 38.7 Å². The first kappa shape index (κ1) is 19.5. The quantitative estimate of drug-likeness (QED) is 0.417. The molecule has 138 valence electrons. The van der Waals surface area contributed by atoms with Crippen molar-refractivity contribution in [1.82, 2.24) is 0 Å². The van der Waals surface area contributed by atoms with E-state index in [0.717, 1.165) is 13.3 Å². The molecule has 0 radical (unpaired) electrons. The zero-order valence-electron chi connectivity index (χ0n) is 13.2. The fourth-order valence-corrected chi connectivity index (χ4v) is 2.06. The van der Waals surface area contributed by atoms with Gasteiger partial charge in [-0.05, 0) is 24.3 Å². The van der Waals surface area contributed by atoms with Crippen LogP contribution in [0.5, 0.6) is 0 Å². The Morgan fingerprint density at radius 3 is 2.00 bits per heavy atom. The van der Waals surface area contributed by atoms with Gasteiger partial charge in [-0.1, -0.05) is 18.2 Å². The number of esters is 1. The van der Waals surface area contributed by atoms with Crippen molar-refractivity contribution in [3.05, 3.63) is 64.7 Å². The van der Waals surface area contributed by atoms with E-state index in [1.165, 1.54) is 24.3 Å². The van der Waals surface area contributed by atoms with Crippen LogP contribution in [0.15, 0.2) is 47.5 Å². The first-order valence-corrected chi connectivity index (χ1v) is 7.03. The molecule has 2 rings (SSSR count). The van der Waals surface area contributed by atoms with E-state index in [2.05, 4.69) is 9.73 Å². The highest BCUT2D eigenvalue weighted by atomic mass is 19.4. The highest BCUT2D eigenvalue weighted by Crippen LogP contribution is 2.38. The lowest BCUT2D eigenvalue weighted by Crippen LogP contribution is -2.10. The molecule has 0 spiro atoms. The Morgan fingerprint density at radius 1 is 0.962 bits per heavy atom. The summed E-state index contributed by atoms with van der Waals surface area (Å²) in [5, 5.41) is 0. The van der Waals surface area contributed by atoms with E-state index in [1.807, 2.05) is 0 Å². The number of hydrogen-bond donors (Lipinski definition) is 0. The van der Waals surface area contributed by atoms with Crippen molar-refractivity contribution in [1.29, 1.82) is 0 Å². The van der Waals surface area contributed by atoms with Crippen LogP contribution in [0.3, 0.4) is 0 Å². The van der Waals surface area contributed by atoms with E-state index in [4.69, 9.17) is 0 Å². The molecule has 2 aromatic rings. The maximum atomic E-state index is 12.8. The molecule has 0 saturated carbocycles. The molecular formula is C17H11F6NO2. The van der Waals surface area contributed by atoms with Crippen molar-refractivity contribution < 1.29 is 35.9 Å². The van der Waals surface area contributed by atoms with Crippen molar-refractivity contribution >= 4 is 17.9 Å². The number of rotatable bonds is 3. The van der Waals surface area contributed by atoms with E-state index >= 15 is 0 Å². The zero-order valence-corrected chi connectivity index (χ0v) is 13.2. The van der Waals surface area contributed by atoms with Gasteiger partial charge in [-0.3, -0.25) is 4.99 Å². The van der Waals surface area contributed by atoms with E-state index in [9.17, 15) is 31.1 Å². The number of ether oxygens (including phenoxy) is 1. The van der Waals surface area contributed by atoms with Crippen molar-refractivity contribution in [2.24, 2.45) is 4.99 Å². The third kappa shape index (κ3) is 4.62. The van der Waals surface area contributed by atoms with E-state index in [-0.39, 0.29) is 17.2 Å². The number of aliphatic imine (C=N–C) groups is 1. The Balaban J connectivity index is 2.50. The average Bonchev–Trinajstić information content (AvgIpc) is 2.57. The molecule has 0 fully saturated rings. The monoisotopic (exact) mass is 375 g/mol. The molecule has 0 aromatic heterocycles. The number of carbonyl (C=O) groups is 1. The lowest BCUT2D eigenvalue weighted by molar-refractivity contribution is -0.143. The highest BCUT2D eigenvalue weighted by Gasteiger charge is 2.36. The van der Waals surface area contributed by atoms with Crippen LogP contribution in [0.25, 0.3) is 0 Å². The van der Waals surface area contributed by atoms with Gasteiger partial charge in [-0.25, -0.2) is 4.79 Å². The summed E-state index contributed by atoms with van der Waals surface area (Å²) in [6.07, 6.45) is -8.92. The Bertz CT molecular complexity index is 808. The van der Waals surface area contributed by atoms with Gasteiger partial charge in [0, 0.05) is 11.8 Å². The lowest BCUT2D eigenvalue weighted by Gasteiger charge is -2.12. The minimum atomic E-state index is -4.96. The van der Waals surface area contributed by atoms with Gasteiger partial charge in [-0.15, -0.1) is 0 Å². The summed E-state index contributed by atoms with van der Waals surface area (Å²) in [5.41, 5.74) is -3.24. The first-order chi connectivity index (χ1) is 12.0. The van der Waals surface area contributed by atoms with Crippen molar-refractivity contribution in [2.45, 2.75) is 12.4 Å². The number of halogens is 6. The van der Waals surface area contributed by atoms with Crippen LogP contribution >= 0.6 is 0 Å². The van der Waals surface area contributed by atoms with Crippen LogP contribution < -0.4 is 0 Å². The average molecular weight is 375 g/mol. The van der Waals surface area contributed by atoms with Crippen LogP contribution in [0.2, 0.25) is 0 Å². The molecule has 0 amide bonds. The third-order valence-electron chi connectivity index (χ3n) is 3.29. The Hall–Kier alpha value is -2.84. The molecule has 9 heteroatoms. The molecule has 0 saturated heterocycles. The van der Waals surface area contributed by atoms with Crippen LogP contribution in [0, 0.1) is 0 Å². The molecule has 0 atom stereocenters. The molecule has 0 N–H and O–H groups in total. The zero-order chi connectivity index (χ0) is 19.5. The Morgan fingerprint density at radius 2 is 1.50 bits per heavy atom. The summed E-state index contributed by atoms with van der Waals surface area (Å²) >= 11 is 0. The smallest absolute Gasteiger partial charge is 0.416 e. The molecule has 26 heavy (non-hydrogen) atoms. The van der Waals surface area contributed by atoms with Crippen LogP contribution in [-0.4, -0.2) is 19.3 Å². The fourth-order valence-electron chi connectivity index (χ4n) is 2.06. The van der Waals surface area contributed by atoms with E-state index in [1.54, 1.807) is 0 Å². The molecule has 0 aliphatic heterocycles. The fraction of sp³-hybridized carbons (Fsp3) is 0.176. The maximum absolute atomic E-state index is 12.8. The normalized spacial score (nSPS) is 12.4. The Labute approximate surface area is 143 Å². The molecular weight excluding hydrogens is 364 g/mol. The summed E-state index contributed by atoms with van der Waals surface area (Å²) in [7, 11) is 1.14. The molecule has 3 nitrogen and oxygen atoms in total. The van der Waals surface area contributed by atoms with E-state index in [0.29, 0.717) is 12.1 Å². The standard InChI is InChI=1S/C17H11F6NO2/c1-26-15(25)14-5-3-2-4-10(14)9-24-13-7-11(16(18,19)20)6-12(8-13)17(21,22)23/h2-9H,1H3. The molecule has 0 unspecified atom stereocenters. The van der Waals surface area contributed by atoms with Gasteiger partial charge < -0.3 is 4.74 Å². The first-order valence-electron chi connectivity index (χ1n) is 7.03. The van der Waals surface area contributed by atoms with Gasteiger partial charge in [0.15, 0.2) is 0 Å².